The Morgan fingerprint density at radius 1 is 0.964 bits per heavy atom. The minimum absolute atomic E-state index is 0.143. The number of benzene rings is 3. The van der Waals surface area contributed by atoms with Crippen LogP contribution in [0.5, 0.6) is 11.5 Å². The van der Waals surface area contributed by atoms with Gasteiger partial charge in [-0.15, -0.1) is 0 Å². The lowest BCUT2D eigenvalue weighted by Crippen LogP contribution is -1.98. The van der Waals surface area contributed by atoms with Crippen LogP contribution in [0, 0.1) is 11.6 Å². The van der Waals surface area contributed by atoms with Gasteiger partial charge in [0.25, 0.3) is 0 Å². The Labute approximate surface area is 164 Å². The van der Waals surface area contributed by atoms with Gasteiger partial charge in [-0.1, -0.05) is 29.8 Å². The predicted molar refractivity (Wildman–Crippen MR) is 102 cm³/mol. The first-order valence-corrected chi connectivity index (χ1v) is 8.78. The van der Waals surface area contributed by atoms with E-state index in [0.29, 0.717) is 28.2 Å². The Kier molecular flexibility index (Phi) is 4.84. The number of rotatable bonds is 4. The van der Waals surface area contributed by atoms with Crippen molar-refractivity contribution in [2.24, 2.45) is 0 Å². The van der Waals surface area contributed by atoms with Gasteiger partial charge in [-0.05, 0) is 48.0 Å². The number of ketones is 1. The van der Waals surface area contributed by atoms with Gasteiger partial charge in [-0.3, -0.25) is 4.79 Å². The lowest BCUT2D eigenvalue weighted by molar-refractivity contribution is 0.101. The van der Waals surface area contributed by atoms with Crippen LogP contribution in [-0.4, -0.2) is 5.78 Å². The number of hydrogen-bond acceptors (Lipinski definition) is 3. The molecule has 3 aromatic rings. The monoisotopic (exact) mass is 398 g/mol. The molecular formula is C22H13ClF2O3. The topological polar surface area (TPSA) is 35.5 Å². The molecule has 3 nitrogen and oxygen atoms in total. The third-order valence-electron chi connectivity index (χ3n) is 4.22. The van der Waals surface area contributed by atoms with Crippen molar-refractivity contribution in [1.29, 1.82) is 0 Å². The van der Waals surface area contributed by atoms with E-state index in [9.17, 15) is 13.6 Å². The van der Waals surface area contributed by atoms with Crippen LogP contribution >= 0.6 is 11.6 Å². The van der Waals surface area contributed by atoms with Gasteiger partial charge >= 0.3 is 0 Å². The maximum atomic E-state index is 13.1. The predicted octanol–water partition coefficient (Wildman–Crippen LogP) is 5.81. The second-order valence-electron chi connectivity index (χ2n) is 6.17. The van der Waals surface area contributed by atoms with E-state index in [4.69, 9.17) is 21.1 Å². The van der Waals surface area contributed by atoms with E-state index in [1.807, 2.05) is 0 Å². The highest BCUT2D eigenvalue weighted by molar-refractivity contribution is 6.31. The Hall–Kier alpha value is -3.18. The van der Waals surface area contributed by atoms with Gasteiger partial charge < -0.3 is 9.47 Å². The maximum Gasteiger partial charge on any atom is 0.231 e. The van der Waals surface area contributed by atoms with Crippen LogP contribution in [0.25, 0.3) is 6.08 Å². The number of ether oxygens (including phenoxy) is 2. The number of fused-ring (bicyclic) bond motifs is 1. The summed E-state index contributed by atoms with van der Waals surface area (Å²) in [5.74, 6) is -0.0188. The van der Waals surface area contributed by atoms with Crippen LogP contribution in [0.15, 0.2) is 66.4 Å². The lowest BCUT2D eigenvalue weighted by Gasteiger charge is -2.08. The maximum absolute atomic E-state index is 13.1. The van der Waals surface area contributed by atoms with E-state index < -0.39 is 5.82 Å². The fourth-order valence-corrected chi connectivity index (χ4v) is 2.99. The van der Waals surface area contributed by atoms with Crippen molar-refractivity contribution >= 4 is 23.5 Å². The SMILES string of the molecule is O=C1C(=Cc2ccc(F)cc2)Oc2cc(OCc3ccc(F)cc3Cl)ccc21. The Balaban J connectivity index is 1.51. The summed E-state index contributed by atoms with van der Waals surface area (Å²) in [5.41, 5.74) is 1.71. The molecule has 0 N–H and O–H groups in total. The second kappa shape index (κ2) is 7.44. The Morgan fingerprint density at radius 3 is 2.46 bits per heavy atom. The fraction of sp³-hybridized carbons (Fsp3) is 0.0455. The molecule has 1 heterocycles. The summed E-state index contributed by atoms with van der Waals surface area (Å²) in [6.45, 7) is 0.143. The quantitative estimate of drug-likeness (QED) is 0.520. The molecular weight excluding hydrogens is 386 g/mol. The second-order valence-corrected chi connectivity index (χ2v) is 6.58. The normalized spacial score (nSPS) is 14.1. The first-order chi connectivity index (χ1) is 13.5. The highest BCUT2D eigenvalue weighted by Crippen LogP contribution is 2.35. The smallest absolute Gasteiger partial charge is 0.231 e. The van der Waals surface area contributed by atoms with Gasteiger partial charge in [0, 0.05) is 11.6 Å². The van der Waals surface area contributed by atoms with E-state index in [-0.39, 0.29) is 29.0 Å². The van der Waals surface area contributed by atoms with E-state index in [2.05, 4.69) is 0 Å². The molecule has 0 aromatic heterocycles. The zero-order valence-electron chi connectivity index (χ0n) is 14.4. The number of carbonyl (C=O) groups is 1. The van der Waals surface area contributed by atoms with Crippen molar-refractivity contribution < 1.29 is 23.0 Å². The zero-order valence-corrected chi connectivity index (χ0v) is 15.2. The summed E-state index contributed by atoms with van der Waals surface area (Å²) in [7, 11) is 0. The first-order valence-electron chi connectivity index (χ1n) is 8.40. The van der Waals surface area contributed by atoms with Gasteiger partial charge in [0.15, 0.2) is 5.76 Å². The molecule has 0 atom stereocenters. The summed E-state index contributed by atoms with van der Waals surface area (Å²) in [6.07, 6.45) is 1.56. The average molecular weight is 399 g/mol. The lowest BCUT2D eigenvalue weighted by atomic mass is 10.1. The summed E-state index contributed by atoms with van der Waals surface area (Å²) in [6, 6.07) is 14.7. The van der Waals surface area contributed by atoms with E-state index in [0.717, 1.165) is 0 Å². The van der Waals surface area contributed by atoms with Crippen LogP contribution in [0.1, 0.15) is 21.5 Å². The highest BCUT2D eigenvalue weighted by Gasteiger charge is 2.27. The Bertz CT molecular complexity index is 1090. The number of hydrogen-bond donors (Lipinski definition) is 0. The molecule has 28 heavy (non-hydrogen) atoms. The van der Waals surface area contributed by atoms with Gasteiger partial charge in [0.05, 0.1) is 10.6 Å². The summed E-state index contributed by atoms with van der Waals surface area (Å²) < 4.78 is 37.5. The first kappa shape index (κ1) is 18.2. The molecule has 0 amide bonds. The number of halogens is 3. The van der Waals surface area contributed by atoms with Crippen LogP contribution in [0.2, 0.25) is 5.02 Å². The van der Waals surface area contributed by atoms with E-state index in [1.165, 1.54) is 24.3 Å². The summed E-state index contributed by atoms with van der Waals surface area (Å²) >= 11 is 5.99. The third kappa shape index (κ3) is 3.75. The molecule has 4 rings (SSSR count). The molecule has 140 valence electrons. The van der Waals surface area contributed by atoms with Gasteiger partial charge in [-0.2, -0.15) is 0 Å². The standard InChI is InChI=1S/C22H13ClF2O3/c23-19-10-16(25)6-3-14(19)12-27-17-7-8-18-20(11-17)28-21(22(18)26)9-13-1-4-15(24)5-2-13/h1-11H,12H2. The van der Waals surface area contributed by atoms with Crippen LogP contribution in [0.4, 0.5) is 8.78 Å². The van der Waals surface area contributed by atoms with Gasteiger partial charge in [0.2, 0.25) is 5.78 Å². The largest absolute Gasteiger partial charge is 0.489 e. The zero-order chi connectivity index (χ0) is 19.7. The van der Waals surface area contributed by atoms with E-state index >= 15 is 0 Å². The minimum atomic E-state index is -0.418. The number of allylic oxidation sites excluding steroid dienone is 1. The van der Waals surface area contributed by atoms with Gasteiger partial charge in [0.1, 0.15) is 29.7 Å². The van der Waals surface area contributed by atoms with Crippen molar-refractivity contribution in [3.05, 3.63) is 99.8 Å². The average Bonchev–Trinajstić information content (AvgIpc) is 2.98. The Morgan fingerprint density at radius 2 is 1.71 bits per heavy atom. The highest BCUT2D eigenvalue weighted by atomic mass is 35.5. The molecule has 1 aliphatic heterocycles. The molecule has 0 saturated carbocycles. The van der Waals surface area contributed by atoms with Crippen LogP contribution in [0.3, 0.4) is 0 Å². The van der Waals surface area contributed by atoms with Crippen molar-refractivity contribution in [3.8, 4) is 11.5 Å². The third-order valence-corrected chi connectivity index (χ3v) is 4.57. The molecule has 0 spiro atoms. The molecule has 0 fully saturated rings. The molecule has 6 heteroatoms. The van der Waals surface area contributed by atoms with Crippen molar-refractivity contribution in [1.82, 2.24) is 0 Å². The molecule has 1 aliphatic rings. The molecule has 0 unspecified atom stereocenters. The minimum Gasteiger partial charge on any atom is -0.489 e. The summed E-state index contributed by atoms with van der Waals surface area (Å²) in [5, 5.41) is 0.275. The molecule has 0 aliphatic carbocycles. The molecule has 0 bridgehead atoms. The van der Waals surface area contributed by atoms with Crippen molar-refractivity contribution in [2.45, 2.75) is 6.61 Å². The summed E-state index contributed by atoms with van der Waals surface area (Å²) in [4.78, 5) is 12.5. The molecule has 0 radical (unpaired) electrons. The van der Waals surface area contributed by atoms with E-state index in [1.54, 1.807) is 42.5 Å². The van der Waals surface area contributed by atoms with Gasteiger partial charge in [-0.25, -0.2) is 8.78 Å². The number of carbonyl (C=O) groups excluding carboxylic acids is 1. The van der Waals surface area contributed by atoms with Crippen molar-refractivity contribution in [3.63, 3.8) is 0 Å². The molecule has 3 aromatic carbocycles. The van der Waals surface area contributed by atoms with Crippen molar-refractivity contribution in [2.75, 3.05) is 0 Å². The van der Waals surface area contributed by atoms with Crippen LogP contribution in [-0.2, 0) is 6.61 Å². The fourth-order valence-electron chi connectivity index (χ4n) is 2.77. The number of Topliss-reactive ketones (excluding diaryl/α,β-unsaturated/α-hetero) is 1. The van der Waals surface area contributed by atoms with Crippen LogP contribution < -0.4 is 9.47 Å². The molecule has 0 saturated heterocycles.